The van der Waals surface area contributed by atoms with E-state index in [1.54, 1.807) is 24.0 Å². The summed E-state index contributed by atoms with van der Waals surface area (Å²) in [5.41, 5.74) is 1.47. The molecule has 0 saturated heterocycles. The van der Waals surface area contributed by atoms with E-state index in [1.807, 2.05) is 48.5 Å². The molecule has 152 valence electrons. The molecule has 0 unspecified atom stereocenters. The fourth-order valence-electron chi connectivity index (χ4n) is 3.37. The first-order valence-corrected chi connectivity index (χ1v) is 9.31. The van der Waals surface area contributed by atoms with E-state index in [2.05, 4.69) is 4.98 Å². The summed E-state index contributed by atoms with van der Waals surface area (Å²) in [5.74, 6) is -0.422. The Labute approximate surface area is 171 Å². The molecule has 0 N–H and O–H groups in total. The zero-order valence-electron chi connectivity index (χ0n) is 16.1. The second-order valence-corrected chi connectivity index (χ2v) is 6.90. The second kappa shape index (κ2) is 7.67. The van der Waals surface area contributed by atoms with Gasteiger partial charge in [-0.1, -0.05) is 48.5 Å². The summed E-state index contributed by atoms with van der Waals surface area (Å²) < 4.78 is 40.9. The van der Waals surface area contributed by atoms with Crippen molar-refractivity contribution in [3.05, 3.63) is 102 Å². The topological polar surface area (TPSA) is 37.6 Å². The monoisotopic (exact) mass is 409 g/mol. The Kier molecular flexibility index (Phi) is 5.03. The Balaban J connectivity index is 1.83. The molecular weight excluding hydrogens is 391 g/mol. The van der Waals surface area contributed by atoms with Crippen LogP contribution in [-0.2, 0) is 12.7 Å². The summed E-state index contributed by atoms with van der Waals surface area (Å²) in [7, 11) is 0. The first kappa shape index (κ1) is 19.7. The molecule has 4 aromatic rings. The molecule has 4 nitrogen and oxygen atoms in total. The van der Waals surface area contributed by atoms with Crippen molar-refractivity contribution in [1.82, 2.24) is 9.38 Å². The summed E-state index contributed by atoms with van der Waals surface area (Å²) in [5, 5.41) is 0. The number of nitrogens with zero attached hydrogens (tertiary/aromatic N) is 3. The van der Waals surface area contributed by atoms with Gasteiger partial charge >= 0.3 is 6.18 Å². The van der Waals surface area contributed by atoms with Crippen LogP contribution in [-0.4, -0.2) is 15.3 Å². The molecule has 1 amide bonds. The van der Waals surface area contributed by atoms with E-state index in [0.29, 0.717) is 11.4 Å². The quantitative estimate of drug-likeness (QED) is 0.446. The molecule has 2 aromatic heterocycles. The molecule has 0 aliphatic carbocycles. The van der Waals surface area contributed by atoms with Crippen LogP contribution in [0.3, 0.4) is 0 Å². The summed E-state index contributed by atoms with van der Waals surface area (Å²) in [6.07, 6.45) is -3.59. The third kappa shape index (κ3) is 3.78. The zero-order chi connectivity index (χ0) is 21.3. The van der Waals surface area contributed by atoms with Crippen LogP contribution in [0, 0.1) is 6.92 Å². The van der Waals surface area contributed by atoms with Gasteiger partial charge in [-0.2, -0.15) is 13.2 Å². The van der Waals surface area contributed by atoms with Crippen LogP contribution >= 0.6 is 0 Å². The van der Waals surface area contributed by atoms with E-state index in [0.717, 1.165) is 17.8 Å². The van der Waals surface area contributed by atoms with Gasteiger partial charge in [0.1, 0.15) is 11.3 Å². The fraction of sp³-hybridized carbons (Fsp3) is 0.130. The number of carbonyl (C=O) groups is 1. The van der Waals surface area contributed by atoms with Crippen LogP contribution in [0.2, 0.25) is 0 Å². The molecule has 0 bridgehead atoms. The van der Waals surface area contributed by atoms with Crippen molar-refractivity contribution in [2.24, 2.45) is 0 Å². The van der Waals surface area contributed by atoms with E-state index in [1.165, 1.54) is 10.5 Å². The molecule has 0 fully saturated rings. The van der Waals surface area contributed by atoms with Crippen molar-refractivity contribution >= 4 is 17.2 Å². The molecule has 2 heterocycles. The van der Waals surface area contributed by atoms with Crippen LogP contribution in [0.25, 0.3) is 5.65 Å². The highest BCUT2D eigenvalue weighted by molar-refractivity contribution is 6.06. The third-order valence-corrected chi connectivity index (χ3v) is 4.82. The largest absolute Gasteiger partial charge is 0.417 e. The number of benzene rings is 2. The smallest absolute Gasteiger partial charge is 0.303 e. The maximum atomic E-state index is 13.6. The molecule has 0 aliphatic rings. The van der Waals surface area contributed by atoms with E-state index >= 15 is 0 Å². The zero-order valence-corrected chi connectivity index (χ0v) is 16.1. The Bertz CT molecular complexity index is 1190. The van der Waals surface area contributed by atoms with Crippen LogP contribution in [0.5, 0.6) is 0 Å². The predicted molar refractivity (Wildman–Crippen MR) is 108 cm³/mol. The van der Waals surface area contributed by atoms with Crippen molar-refractivity contribution < 1.29 is 18.0 Å². The van der Waals surface area contributed by atoms with Crippen molar-refractivity contribution in [3.8, 4) is 0 Å². The van der Waals surface area contributed by atoms with Crippen molar-refractivity contribution in [3.63, 3.8) is 0 Å². The van der Waals surface area contributed by atoms with Gasteiger partial charge in [0.05, 0.1) is 17.8 Å². The number of halogens is 3. The van der Waals surface area contributed by atoms with Crippen molar-refractivity contribution in [1.29, 1.82) is 0 Å². The first-order chi connectivity index (χ1) is 14.3. The van der Waals surface area contributed by atoms with Gasteiger partial charge in [-0.3, -0.25) is 9.20 Å². The standard InChI is InChI=1S/C23H18F3N3O/c1-16-21(29-15-18(23(24,25)26)12-13-20(29)27-16)22(30)28(19-10-6-3-7-11-19)14-17-8-4-2-5-9-17/h2-13,15H,14H2,1H3. The summed E-state index contributed by atoms with van der Waals surface area (Å²) in [6.45, 7) is 1.90. The number of carbonyl (C=O) groups excluding carboxylic acids is 1. The summed E-state index contributed by atoms with van der Waals surface area (Å²) >= 11 is 0. The van der Waals surface area contributed by atoms with Gasteiger partial charge < -0.3 is 4.90 Å². The molecule has 7 heteroatoms. The Hall–Kier alpha value is -3.61. The molecule has 0 radical (unpaired) electrons. The number of para-hydroxylation sites is 1. The highest BCUT2D eigenvalue weighted by atomic mass is 19.4. The minimum absolute atomic E-state index is 0.107. The number of amides is 1. The van der Waals surface area contributed by atoms with Gasteiger partial charge in [0.15, 0.2) is 0 Å². The average Bonchev–Trinajstić information content (AvgIpc) is 3.07. The lowest BCUT2D eigenvalue weighted by molar-refractivity contribution is -0.137. The lowest BCUT2D eigenvalue weighted by atomic mass is 10.1. The number of anilines is 1. The maximum Gasteiger partial charge on any atom is 0.417 e. The highest BCUT2D eigenvalue weighted by Crippen LogP contribution is 2.30. The number of fused-ring (bicyclic) bond motifs is 1. The number of hydrogen-bond donors (Lipinski definition) is 0. The van der Waals surface area contributed by atoms with Gasteiger partial charge in [0.2, 0.25) is 0 Å². The first-order valence-electron chi connectivity index (χ1n) is 9.31. The number of aromatic nitrogens is 2. The number of rotatable bonds is 4. The van der Waals surface area contributed by atoms with Crippen molar-refractivity contribution in [2.75, 3.05) is 4.90 Å². The van der Waals surface area contributed by atoms with E-state index in [9.17, 15) is 18.0 Å². The van der Waals surface area contributed by atoms with Gasteiger partial charge in [-0.15, -0.1) is 0 Å². The van der Waals surface area contributed by atoms with E-state index in [4.69, 9.17) is 0 Å². The number of imidazole rings is 1. The summed E-state index contributed by atoms with van der Waals surface area (Å²) in [4.78, 5) is 19.4. The Morgan fingerprint density at radius 2 is 1.60 bits per heavy atom. The van der Waals surface area contributed by atoms with Crippen LogP contribution < -0.4 is 4.90 Å². The second-order valence-electron chi connectivity index (χ2n) is 6.90. The Morgan fingerprint density at radius 1 is 0.967 bits per heavy atom. The Morgan fingerprint density at radius 3 is 2.23 bits per heavy atom. The normalized spacial score (nSPS) is 11.6. The lowest BCUT2D eigenvalue weighted by Gasteiger charge is -2.23. The molecule has 0 atom stereocenters. The molecule has 4 rings (SSSR count). The minimum atomic E-state index is -4.52. The predicted octanol–water partition coefficient (Wildman–Crippen LogP) is 5.51. The number of hydrogen-bond acceptors (Lipinski definition) is 2. The number of alkyl halides is 3. The number of pyridine rings is 1. The van der Waals surface area contributed by atoms with Gasteiger partial charge in [-0.25, -0.2) is 4.98 Å². The van der Waals surface area contributed by atoms with E-state index in [-0.39, 0.29) is 17.9 Å². The molecule has 2 aromatic carbocycles. The fourth-order valence-corrected chi connectivity index (χ4v) is 3.37. The molecule has 0 spiro atoms. The average molecular weight is 409 g/mol. The number of aryl methyl sites for hydroxylation is 1. The van der Waals surface area contributed by atoms with Crippen molar-refractivity contribution in [2.45, 2.75) is 19.6 Å². The minimum Gasteiger partial charge on any atom is -0.303 e. The third-order valence-electron chi connectivity index (χ3n) is 4.82. The van der Waals surface area contributed by atoms with E-state index < -0.39 is 17.6 Å². The van der Waals surface area contributed by atoms with Gasteiger partial charge in [-0.05, 0) is 36.8 Å². The molecule has 30 heavy (non-hydrogen) atoms. The maximum absolute atomic E-state index is 13.6. The van der Waals surface area contributed by atoms with Crippen LogP contribution in [0.4, 0.5) is 18.9 Å². The van der Waals surface area contributed by atoms with Gasteiger partial charge in [0, 0.05) is 11.9 Å². The highest BCUT2D eigenvalue weighted by Gasteiger charge is 2.32. The van der Waals surface area contributed by atoms with Gasteiger partial charge in [0.25, 0.3) is 5.91 Å². The van der Waals surface area contributed by atoms with Crippen LogP contribution in [0.1, 0.15) is 27.3 Å². The SMILES string of the molecule is Cc1nc2ccc(C(F)(F)F)cn2c1C(=O)N(Cc1ccccc1)c1ccccc1. The summed E-state index contributed by atoms with van der Waals surface area (Å²) in [6, 6.07) is 20.7. The molecule has 0 saturated carbocycles. The molecular formula is C23H18F3N3O. The van der Waals surface area contributed by atoms with Crippen LogP contribution in [0.15, 0.2) is 79.0 Å². The molecule has 0 aliphatic heterocycles. The lowest BCUT2D eigenvalue weighted by Crippen LogP contribution is -2.32.